The first-order chi connectivity index (χ1) is 8.79. The molecule has 1 aromatic heterocycles. The predicted molar refractivity (Wildman–Crippen MR) is 67.7 cm³/mol. The SMILES string of the molecule is NCc1cc(=O)c(OCCN2CCOCC2)c[nH]1. The van der Waals surface area contributed by atoms with E-state index >= 15 is 0 Å². The number of morpholine rings is 1. The highest BCUT2D eigenvalue weighted by Crippen LogP contribution is 2.02. The van der Waals surface area contributed by atoms with Crippen LogP contribution >= 0.6 is 0 Å². The first-order valence-corrected chi connectivity index (χ1v) is 6.14. The number of nitrogens with two attached hydrogens (primary N) is 1. The van der Waals surface area contributed by atoms with Crippen LogP contribution in [0.15, 0.2) is 17.1 Å². The van der Waals surface area contributed by atoms with E-state index in [1.807, 2.05) is 0 Å². The van der Waals surface area contributed by atoms with Crippen LogP contribution < -0.4 is 15.9 Å². The molecule has 0 atom stereocenters. The van der Waals surface area contributed by atoms with E-state index in [0.717, 1.165) is 32.8 Å². The fourth-order valence-electron chi connectivity index (χ4n) is 1.84. The predicted octanol–water partition coefficient (Wildman–Crippen LogP) is -0.455. The minimum Gasteiger partial charge on any atom is -0.487 e. The fourth-order valence-corrected chi connectivity index (χ4v) is 1.84. The van der Waals surface area contributed by atoms with Gasteiger partial charge in [0.15, 0.2) is 5.75 Å². The smallest absolute Gasteiger partial charge is 0.223 e. The van der Waals surface area contributed by atoms with Crippen molar-refractivity contribution in [3.05, 3.63) is 28.2 Å². The highest BCUT2D eigenvalue weighted by Gasteiger charge is 2.10. The van der Waals surface area contributed by atoms with Gasteiger partial charge in [0.2, 0.25) is 5.43 Å². The maximum absolute atomic E-state index is 11.6. The Hall–Kier alpha value is -1.37. The third kappa shape index (κ3) is 3.56. The number of aromatic nitrogens is 1. The number of ether oxygens (including phenoxy) is 2. The van der Waals surface area contributed by atoms with Gasteiger partial charge in [-0.3, -0.25) is 9.69 Å². The van der Waals surface area contributed by atoms with Crippen LogP contribution in [0.1, 0.15) is 5.69 Å². The molecule has 1 aliphatic heterocycles. The molecular weight excluding hydrogens is 234 g/mol. The van der Waals surface area contributed by atoms with Crippen LogP contribution in [-0.4, -0.2) is 49.3 Å². The molecule has 1 aliphatic rings. The van der Waals surface area contributed by atoms with Gasteiger partial charge in [-0.15, -0.1) is 0 Å². The van der Waals surface area contributed by atoms with Crippen molar-refractivity contribution in [2.45, 2.75) is 6.54 Å². The molecule has 2 heterocycles. The molecule has 0 aliphatic carbocycles. The van der Waals surface area contributed by atoms with Crippen LogP contribution in [0.4, 0.5) is 0 Å². The Kier molecular flexibility index (Phi) is 4.74. The molecule has 18 heavy (non-hydrogen) atoms. The standard InChI is InChI=1S/C12H19N3O3/c13-8-10-7-11(16)12(9-14-10)18-6-3-15-1-4-17-5-2-15/h7,9H,1-6,8,13H2,(H,14,16). The number of hydrogen-bond acceptors (Lipinski definition) is 5. The van der Waals surface area contributed by atoms with Crippen molar-refractivity contribution in [2.24, 2.45) is 5.73 Å². The largest absolute Gasteiger partial charge is 0.487 e. The van der Waals surface area contributed by atoms with Crippen LogP contribution in [-0.2, 0) is 11.3 Å². The third-order valence-electron chi connectivity index (χ3n) is 2.93. The highest BCUT2D eigenvalue weighted by molar-refractivity contribution is 5.20. The molecule has 1 fully saturated rings. The van der Waals surface area contributed by atoms with Crippen molar-refractivity contribution in [1.82, 2.24) is 9.88 Å². The molecule has 6 nitrogen and oxygen atoms in total. The van der Waals surface area contributed by atoms with E-state index in [0.29, 0.717) is 24.6 Å². The van der Waals surface area contributed by atoms with E-state index < -0.39 is 0 Å². The van der Waals surface area contributed by atoms with Gasteiger partial charge in [-0.2, -0.15) is 0 Å². The first-order valence-electron chi connectivity index (χ1n) is 6.14. The topological polar surface area (TPSA) is 80.6 Å². The molecule has 6 heteroatoms. The Morgan fingerprint density at radius 2 is 2.22 bits per heavy atom. The number of pyridine rings is 1. The maximum Gasteiger partial charge on any atom is 0.223 e. The zero-order chi connectivity index (χ0) is 12.8. The second kappa shape index (κ2) is 6.53. The summed E-state index contributed by atoms with van der Waals surface area (Å²) in [6.07, 6.45) is 1.57. The van der Waals surface area contributed by atoms with E-state index in [2.05, 4.69) is 9.88 Å². The summed E-state index contributed by atoms with van der Waals surface area (Å²) in [6.45, 7) is 5.02. The Morgan fingerprint density at radius 3 is 2.89 bits per heavy atom. The molecule has 2 rings (SSSR count). The summed E-state index contributed by atoms with van der Waals surface area (Å²) in [6, 6.07) is 1.48. The average Bonchev–Trinajstić information content (AvgIpc) is 2.42. The Bertz CT molecular complexity index is 427. The highest BCUT2D eigenvalue weighted by atomic mass is 16.5. The molecule has 0 spiro atoms. The van der Waals surface area contributed by atoms with Gasteiger partial charge >= 0.3 is 0 Å². The van der Waals surface area contributed by atoms with Gasteiger partial charge in [-0.05, 0) is 0 Å². The van der Waals surface area contributed by atoms with Crippen molar-refractivity contribution in [2.75, 3.05) is 39.5 Å². The number of hydrogen-bond donors (Lipinski definition) is 2. The zero-order valence-corrected chi connectivity index (χ0v) is 10.4. The van der Waals surface area contributed by atoms with Crippen molar-refractivity contribution >= 4 is 0 Å². The van der Waals surface area contributed by atoms with Crippen LogP contribution in [0, 0.1) is 0 Å². The molecule has 100 valence electrons. The average molecular weight is 253 g/mol. The van der Waals surface area contributed by atoms with E-state index in [9.17, 15) is 4.79 Å². The molecule has 0 radical (unpaired) electrons. The number of nitrogens with zero attached hydrogens (tertiary/aromatic N) is 1. The quantitative estimate of drug-likeness (QED) is 0.742. The maximum atomic E-state index is 11.6. The Morgan fingerprint density at radius 1 is 1.44 bits per heavy atom. The monoisotopic (exact) mass is 253 g/mol. The number of rotatable bonds is 5. The van der Waals surface area contributed by atoms with Crippen LogP contribution in [0.3, 0.4) is 0 Å². The summed E-state index contributed by atoms with van der Waals surface area (Å²) < 4.78 is 10.7. The molecule has 0 bridgehead atoms. The van der Waals surface area contributed by atoms with Crippen LogP contribution in [0.5, 0.6) is 5.75 Å². The lowest BCUT2D eigenvalue weighted by Crippen LogP contribution is -2.38. The molecule has 3 N–H and O–H groups in total. The van der Waals surface area contributed by atoms with Crippen LogP contribution in [0.25, 0.3) is 0 Å². The van der Waals surface area contributed by atoms with E-state index in [1.54, 1.807) is 6.20 Å². The van der Waals surface area contributed by atoms with E-state index in [-0.39, 0.29) is 5.43 Å². The summed E-state index contributed by atoms with van der Waals surface area (Å²) in [5, 5.41) is 0. The summed E-state index contributed by atoms with van der Waals surface area (Å²) in [7, 11) is 0. The lowest BCUT2D eigenvalue weighted by atomic mass is 10.3. The van der Waals surface area contributed by atoms with Gasteiger partial charge in [-0.25, -0.2) is 0 Å². The van der Waals surface area contributed by atoms with Gasteiger partial charge in [-0.1, -0.05) is 0 Å². The van der Waals surface area contributed by atoms with Crippen molar-refractivity contribution < 1.29 is 9.47 Å². The molecule has 1 aromatic rings. The van der Waals surface area contributed by atoms with Crippen molar-refractivity contribution in [3.63, 3.8) is 0 Å². The normalized spacial score (nSPS) is 16.7. The second-order valence-electron chi connectivity index (χ2n) is 4.19. The lowest BCUT2D eigenvalue weighted by molar-refractivity contribution is 0.0322. The third-order valence-corrected chi connectivity index (χ3v) is 2.93. The van der Waals surface area contributed by atoms with E-state index in [4.69, 9.17) is 15.2 Å². The fraction of sp³-hybridized carbons (Fsp3) is 0.583. The molecule has 0 amide bonds. The number of nitrogens with one attached hydrogen (secondary N) is 1. The minimum atomic E-state index is -0.129. The molecule has 0 aromatic carbocycles. The van der Waals surface area contributed by atoms with Gasteiger partial charge in [0.25, 0.3) is 0 Å². The Labute approximate surface area is 106 Å². The van der Waals surface area contributed by atoms with Gasteiger partial charge in [0.1, 0.15) is 6.61 Å². The molecule has 1 saturated heterocycles. The zero-order valence-electron chi connectivity index (χ0n) is 10.4. The first kappa shape index (κ1) is 13.1. The van der Waals surface area contributed by atoms with E-state index in [1.165, 1.54) is 6.07 Å². The summed E-state index contributed by atoms with van der Waals surface area (Å²) in [5.74, 6) is 0.348. The summed E-state index contributed by atoms with van der Waals surface area (Å²) in [5.41, 5.74) is 6.02. The van der Waals surface area contributed by atoms with Crippen molar-refractivity contribution in [1.29, 1.82) is 0 Å². The number of H-pyrrole nitrogens is 1. The van der Waals surface area contributed by atoms with Crippen molar-refractivity contribution in [3.8, 4) is 5.75 Å². The molecule has 0 saturated carbocycles. The Balaban J connectivity index is 1.80. The number of aromatic amines is 1. The molecule has 0 unspecified atom stereocenters. The molecular formula is C12H19N3O3. The summed E-state index contributed by atoms with van der Waals surface area (Å²) >= 11 is 0. The van der Waals surface area contributed by atoms with Crippen LogP contribution in [0.2, 0.25) is 0 Å². The van der Waals surface area contributed by atoms with Gasteiger partial charge in [0, 0.05) is 44.1 Å². The summed E-state index contributed by atoms with van der Waals surface area (Å²) in [4.78, 5) is 16.8. The second-order valence-corrected chi connectivity index (χ2v) is 4.19. The lowest BCUT2D eigenvalue weighted by Gasteiger charge is -2.26. The van der Waals surface area contributed by atoms with Gasteiger partial charge in [0.05, 0.1) is 13.2 Å². The van der Waals surface area contributed by atoms with Gasteiger partial charge < -0.3 is 20.2 Å². The minimum absolute atomic E-state index is 0.129.